The molecule has 2 fully saturated rings. The van der Waals surface area contributed by atoms with Crippen molar-refractivity contribution >= 4 is 23.8 Å². The number of carbonyl (C=O) groups is 4. The molecule has 0 bridgehead atoms. The van der Waals surface area contributed by atoms with Crippen LogP contribution in [-0.2, 0) is 14.3 Å². The van der Waals surface area contributed by atoms with Gasteiger partial charge in [-0.1, -0.05) is 78.9 Å². The van der Waals surface area contributed by atoms with Crippen molar-refractivity contribution in [3.63, 3.8) is 0 Å². The summed E-state index contributed by atoms with van der Waals surface area (Å²) in [5, 5.41) is 5.60. The van der Waals surface area contributed by atoms with Crippen molar-refractivity contribution in [2.45, 2.75) is 37.9 Å². The molecule has 5 rings (SSSR count). The van der Waals surface area contributed by atoms with Crippen LogP contribution in [0.1, 0.15) is 43.0 Å². The van der Waals surface area contributed by atoms with Gasteiger partial charge in [0, 0.05) is 0 Å². The molecule has 2 aromatic carbocycles. The third kappa shape index (κ3) is 3.79. The molecular weight excluding hydrogens is 458 g/mol. The van der Waals surface area contributed by atoms with Gasteiger partial charge < -0.3 is 15.4 Å². The maximum atomic E-state index is 14.3. The molecule has 2 aromatic rings. The fraction of sp³-hybridized carbons (Fsp3) is 0.286. The van der Waals surface area contributed by atoms with E-state index in [9.17, 15) is 19.2 Å². The van der Waals surface area contributed by atoms with E-state index >= 15 is 0 Å². The molecule has 0 aromatic heterocycles. The van der Waals surface area contributed by atoms with Crippen LogP contribution in [0.3, 0.4) is 0 Å². The van der Waals surface area contributed by atoms with Crippen LogP contribution in [0.4, 0.5) is 9.59 Å². The number of benzene rings is 2. The normalized spacial score (nSPS) is 27.5. The Hall–Kier alpha value is -4.20. The summed E-state index contributed by atoms with van der Waals surface area (Å²) in [6, 6.07) is 14.2. The van der Waals surface area contributed by atoms with Gasteiger partial charge in [-0.15, -0.1) is 0 Å². The number of nitrogens with one attached hydrogen (secondary N) is 2. The Morgan fingerprint density at radius 3 is 2.06 bits per heavy atom. The zero-order chi connectivity index (χ0) is 25.3. The number of hydrogen-bond acceptors (Lipinski definition) is 5. The molecule has 2 saturated heterocycles. The molecule has 1 unspecified atom stereocenters. The van der Waals surface area contributed by atoms with Crippen molar-refractivity contribution in [2.24, 2.45) is 5.41 Å². The fourth-order valence-electron chi connectivity index (χ4n) is 5.39. The van der Waals surface area contributed by atoms with Gasteiger partial charge in [-0.05, 0) is 36.5 Å². The molecule has 2 N–H and O–H groups in total. The zero-order valence-electron chi connectivity index (χ0n) is 19.8. The van der Waals surface area contributed by atoms with Crippen LogP contribution in [0.2, 0.25) is 0 Å². The molecule has 2 aliphatic heterocycles. The van der Waals surface area contributed by atoms with Crippen molar-refractivity contribution in [3.8, 4) is 0 Å². The predicted molar refractivity (Wildman–Crippen MR) is 132 cm³/mol. The lowest BCUT2D eigenvalue weighted by molar-refractivity contribution is -0.143. The van der Waals surface area contributed by atoms with E-state index in [1.165, 1.54) is 6.92 Å². The average Bonchev–Trinajstić information content (AvgIpc) is 3.11. The molecule has 36 heavy (non-hydrogen) atoms. The highest BCUT2D eigenvalue weighted by molar-refractivity contribution is 6.21. The van der Waals surface area contributed by atoms with Gasteiger partial charge in [0.1, 0.15) is 12.6 Å². The summed E-state index contributed by atoms with van der Waals surface area (Å²) in [7, 11) is 0. The molecule has 0 radical (unpaired) electrons. The van der Waals surface area contributed by atoms with E-state index in [0.717, 1.165) is 23.3 Å². The number of likely N-dealkylation sites (tertiary alicyclic amines) is 1. The molecule has 1 spiro atoms. The Labute approximate surface area is 209 Å². The lowest BCUT2D eigenvalue weighted by Crippen LogP contribution is -2.63. The maximum Gasteiger partial charge on any atom is 0.417 e. The first-order chi connectivity index (χ1) is 17.4. The summed E-state index contributed by atoms with van der Waals surface area (Å²) in [4.78, 5) is 55.3. The fourth-order valence-corrected chi connectivity index (χ4v) is 5.39. The minimum absolute atomic E-state index is 0.00619. The van der Waals surface area contributed by atoms with Gasteiger partial charge in [0.2, 0.25) is 0 Å². The number of ether oxygens (including phenoxy) is 1. The predicted octanol–water partition coefficient (Wildman–Crippen LogP) is 3.98. The standard InChI is InChI=1S/C28H27N3O5/c1-18-24(32)28(25(33)31(18)27(35)36-17-19-11-5-2-6-12-19)22(20-13-7-3-8-14-20)29-26(34)30-23(28)21-15-9-4-10-16-21/h3-5,7-16,18,22-23H,2,6,17H2,1H3,(H2,29,30,34)/t18-,22-,23+,28?/m0/s1. The van der Waals surface area contributed by atoms with Crippen LogP contribution >= 0.6 is 0 Å². The zero-order valence-corrected chi connectivity index (χ0v) is 19.8. The molecule has 0 saturated carbocycles. The van der Waals surface area contributed by atoms with E-state index in [-0.39, 0.29) is 6.61 Å². The highest BCUT2D eigenvalue weighted by Gasteiger charge is 2.69. The lowest BCUT2D eigenvalue weighted by Gasteiger charge is -2.45. The van der Waals surface area contributed by atoms with E-state index in [4.69, 9.17) is 4.74 Å². The minimum atomic E-state index is -1.79. The van der Waals surface area contributed by atoms with Gasteiger partial charge in [-0.3, -0.25) is 9.59 Å². The second-order valence-corrected chi connectivity index (χ2v) is 9.20. The highest BCUT2D eigenvalue weighted by atomic mass is 16.6. The molecular formula is C28H27N3O5. The van der Waals surface area contributed by atoms with E-state index in [0.29, 0.717) is 11.1 Å². The molecule has 2 heterocycles. The molecule has 1 aliphatic carbocycles. The average molecular weight is 486 g/mol. The summed E-state index contributed by atoms with van der Waals surface area (Å²) < 4.78 is 5.48. The number of hydrogen-bond donors (Lipinski definition) is 2. The molecule has 3 aliphatic rings. The smallest absolute Gasteiger partial charge is 0.417 e. The van der Waals surface area contributed by atoms with Gasteiger partial charge in [0.25, 0.3) is 5.91 Å². The van der Waals surface area contributed by atoms with Crippen molar-refractivity contribution in [2.75, 3.05) is 6.61 Å². The SMILES string of the molecule is C[C@H]1C(=O)C2(C(=O)N1C(=O)OCC1=CCCC=C1)[C@@H](c1ccccc1)NC(=O)N[C@H]2c1ccccc1. The second kappa shape index (κ2) is 9.45. The van der Waals surface area contributed by atoms with Crippen LogP contribution in [0.5, 0.6) is 0 Å². The summed E-state index contributed by atoms with van der Waals surface area (Å²) >= 11 is 0. The highest BCUT2D eigenvalue weighted by Crippen LogP contribution is 2.53. The van der Waals surface area contributed by atoms with E-state index in [1.54, 1.807) is 48.5 Å². The van der Waals surface area contributed by atoms with Crippen molar-refractivity contribution in [1.82, 2.24) is 15.5 Å². The molecule has 8 nitrogen and oxygen atoms in total. The largest absolute Gasteiger partial charge is 0.444 e. The Kier molecular flexibility index (Phi) is 6.18. The van der Waals surface area contributed by atoms with Crippen LogP contribution in [0, 0.1) is 5.41 Å². The van der Waals surface area contributed by atoms with Gasteiger partial charge in [0.15, 0.2) is 11.2 Å². The summed E-state index contributed by atoms with van der Waals surface area (Å²) in [6.07, 6.45) is 6.76. The molecule has 184 valence electrons. The number of rotatable bonds is 4. The summed E-state index contributed by atoms with van der Waals surface area (Å²) in [5.74, 6) is -1.16. The number of carbonyl (C=O) groups excluding carboxylic acids is 4. The number of nitrogens with zero attached hydrogens (tertiary/aromatic N) is 1. The van der Waals surface area contributed by atoms with Crippen molar-refractivity contribution in [1.29, 1.82) is 0 Å². The first kappa shape index (κ1) is 23.5. The van der Waals surface area contributed by atoms with Crippen molar-refractivity contribution < 1.29 is 23.9 Å². The number of imide groups is 1. The third-order valence-corrected chi connectivity index (χ3v) is 7.11. The monoisotopic (exact) mass is 485 g/mol. The van der Waals surface area contributed by atoms with E-state index < -0.39 is 47.4 Å². The summed E-state index contributed by atoms with van der Waals surface area (Å²) in [5.41, 5.74) is 0.231. The molecule has 4 amide bonds. The van der Waals surface area contributed by atoms with Gasteiger partial charge in [-0.2, -0.15) is 0 Å². The van der Waals surface area contributed by atoms with Gasteiger partial charge in [-0.25, -0.2) is 14.5 Å². The second-order valence-electron chi connectivity index (χ2n) is 9.20. The Morgan fingerprint density at radius 2 is 1.53 bits per heavy atom. The van der Waals surface area contributed by atoms with Gasteiger partial charge >= 0.3 is 12.1 Å². The number of allylic oxidation sites excluding steroid dienone is 2. The first-order valence-corrected chi connectivity index (χ1v) is 12.0. The maximum absolute atomic E-state index is 14.3. The van der Waals surface area contributed by atoms with E-state index in [2.05, 4.69) is 10.6 Å². The Morgan fingerprint density at radius 1 is 0.944 bits per heavy atom. The van der Waals surface area contributed by atoms with Crippen LogP contribution in [0.25, 0.3) is 0 Å². The topological polar surface area (TPSA) is 105 Å². The van der Waals surface area contributed by atoms with Crippen LogP contribution < -0.4 is 10.6 Å². The lowest BCUT2D eigenvalue weighted by atomic mass is 9.65. The Bertz CT molecular complexity index is 1200. The number of ketones is 1. The van der Waals surface area contributed by atoms with Crippen molar-refractivity contribution in [3.05, 3.63) is 95.6 Å². The minimum Gasteiger partial charge on any atom is -0.444 e. The number of urea groups is 1. The van der Waals surface area contributed by atoms with Crippen LogP contribution in [0.15, 0.2) is 84.5 Å². The Balaban J connectivity index is 1.58. The molecule has 4 atom stereocenters. The van der Waals surface area contributed by atoms with Crippen LogP contribution in [-0.4, -0.2) is 41.4 Å². The first-order valence-electron chi connectivity index (χ1n) is 12.0. The van der Waals surface area contributed by atoms with Gasteiger partial charge in [0.05, 0.1) is 12.1 Å². The number of amides is 4. The van der Waals surface area contributed by atoms with E-state index in [1.807, 2.05) is 30.4 Å². The molecule has 8 heteroatoms. The quantitative estimate of drug-likeness (QED) is 0.638. The summed E-state index contributed by atoms with van der Waals surface area (Å²) in [6.45, 7) is 1.53. The third-order valence-electron chi connectivity index (χ3n) is 7.11. The number of Topliss-reactive ketones (excluding diaryl/α,β-unsaturated/α-hetero) is 1.